The van der Waals surface area contributed by atoms with Crippen LogP contribution >= 0.6 is 0 Å². The molecule has 2 aromatic carbocycles. The van der Waals surface area contributed by atoms with Crippen molar-refractivity contribution in [1.82, 2.24) is 14.9 Å². The van der Waals surface area contributed by atoms with Crippen molar-refractivity contribution in [2.45, 2.75) is 71.8 Å². The monoisotopic (exact) mass is 519 g/mol. The first-order valence-corrected chi connectivity index (χ1v) is 14.7. The lowest BCUT2D eigenvalue weighted by Gasteiger charge is -2.32. The molecule has 0 radical (unpaired) electrons. The Kier molecular flexibility index (Phi) is 9.15. The Bertz CT molecular complexity index is 1350. The average Bonchev–Trinajstić information content (AvgIpc) is 3.44. The van der Waals surface area contributed by atoms with E-state index < -0.39 is 0 Å². The highest BCUT2D eigenvalue weighted by molar-refractivity contribution is 5.99. The second kappa shape index (κ2) is 13.1. The molecule has 0 amide bonds. The fourth-order valence-corrected chi connectivity index (χ4v) is 5.96. The zero-order valence-electron chi connectivity index (χ0n) is 23.5. The lowest BCUT2D eigenvalue weighted by atomic mass is 9.92. The maximum absolute atomic E-state index is 12.9. The van der Waals surface area contributed by atoms with Crippen LogP contribution in [0.15, 0.2) is 78.5 Å². The van der Waals surface area contributed by atoms with E-state index in [0.29, 0.717) is 19.3 Å². The van der Waals surface area contributed by atoms with Crippen molar-refractivity contribution < 1.29 is 4.79 Å². The van der Waals surface area contributed by atoms with Gasteiger partial charge in [-0.05, 0) is 79.1 Å². The molecule has 202 valence electrons. The molecule has 2 heterocycles. The van der Waals surface area contributed by atoms with Gasteiger partial charge in [-0.3, -0.25) is 9.69 Å². The van der Waals surface area contributed by atoms with Gasteiger partial charge < -0.3 is 0 Å². The number of rotatable bonds is 11. The maximum atomic E-state index is 12.9. The van der Waals surface area contributed by atoms with E-state index in [4.69, 9.17) is 4.98 Å². The molecule has 1 fully saturated rings. The molecule has 4 nitrogen and oxygen atoms in total. The SMILES string of the molecule is CCCC1CCN(Cc2cccc(Cc3nccc(C4=CC=C(C(=O)CCc5cccc(C)c5)C4)n3)c2)CC1. The van der Waals surface area contributed by atoms with E-state index in [0.717, 1.165) is 41.5 Å². The standard InChI is InChI=1S/C35H41N3O/c1-3-6-27-16-19-38(20-17-27)25-30-10-5-9-29(22-30)23-35-36-18-15-33(37-35)31-12-13-32(24-31)34(39)14-11-28-8-4-7-26(2)21-28/h4-5,7-10,12-13,15,18,21-22,27H,3,6,11,14,16-17,19-20,23-25H2,1-2H3. The first-order valence-electron chi connectivity index (χ1n) is 14.7. The van der Waals surface area contributed by atoms with Gasteiger partial charge in [0.15, 0.2) is 5.78 Å². The Morgan fingerprint density at radius 3 is 2.59 bits per heavy atom. The lowest BCUT2D eigenvalue weighted by molar-refractivity contribution is -0.115. The van der Waals surface area contributed by atoms with Crippen LogP contribution in [0.1, 0.15) is 79.2 Å². The van der Waals surface area contributed by atoms with E-state index in [2.05, 4.69) is 78.3 Å². The topological polar surface area (TPSA) is 46.1 Å². The minimum absolute atomic E-state index is 0.225. The summed E-state index contributed by atoms with van der Waals surface area (Å²) in [5.74, 6) is 1.97. The molecular formula is C35H41N3O. The molecule has 0 unspecified atom stereocenters. The van der Waals surface area contributed by atoms with Crippen molar-refractivity contribution in [2.24, 2.45) is 5.92 Å². The maximum Gasteiger partial charge on any atom is 0.159 e. The van der Waals surface area contributed by atoms with E-state index in [1.807, 2.05) is 18.3 Å². The molecule has 3 aromatic rings. The van der Waals surface area contributed by atoms with Crippen LogP contribution in [0.5, 0.6) is 0 Å². The number of aryl methyl sites for hydroxylation is 2. The van der Waals surface area contributed by atoms with E-state index in [1.165, 1.54) is 61.0 Å². The normalized spacial score (nSPS) is 16.3. The number of carbonyl (C=O) groups excluding carboxylic acids is 1. The zero-order valence-corrected chi connectivity index (χ0v) is 23.5. The number of benzene rings is 2. The summed E-state index contributed by atoms with van der Waals surface area (Å²) in [6, 6.07) is 19.3. The Morgan fingerprint density at radius 2 is 1.77 bits per heavy atom. The Labute approximate surface area is 233 Å². The molecular weight excluding hydrogens is 478 g/mol. The molecule has 2 aliphatic rings. The van der Waals surface area contributed by atoms with Gasteiger partial charge in [-0.15, -0.1) is 0 Å². The van der Waals surface area contributed by atoms with Crippen LogP contribution in [0.3, 0.4) is 0 Å². The van der Waals surface area contributed by atoms with E-state index in [-0.39, 0.29) is 5.78 Å². The summed E-state index contributed by atoms with van der Waals surface area (Å²) in [7, 11) is 0. The van der Waals surface area contributed by atoms with Gasteiger partial charge in [0.1, 0.15) is 5.82 Å². The zero-order chi connectivity index (χ0) is 27.0. The first kappa shape index (κ1) is 27.2. The summed E-state index contributed by atoms with van der Waals surface area (Å²) < 4.78 is 0. The highest BCUT2D eigenvalue weighted by Gasteiger charge is 2.19. The van der Waals surface area contributed by atoms with Gasteiger partial charge >= 0.3 is 0 Å². The molecule has 1 aromatic heterocycles. The van der Waals surface area contributed by atoms with Crippen LogP contribution < -0.4 is 0 Å². The number of aromatic nitrogens is 2. The van der Waals surface area contributed by atoms with Crippen LogP contribution in [0.4, 0.5) is 0 Å². The van der Waals surface area contributed by atoms with E-state index in [1.54, 1.807) is 0 Å². The summed E-state index contributed by atoms with van der Waals surface area (Å²) in [5.41, 5.74) is 7.96. The number of piperidine rings is 1. The van der Waals surface area contributed by atoms with Crippen molar-refractivity contribution in [2.75, 3.05) is 13.1 Å². The van der Waals surface area contributed by atoms with Gasteiger partial charge in [-0.1, -0.05) is 86.0 Å². The number of carbonyl (C=O) groups is 1. The third kappa shape index (κ3) is 7.60. The second-order valence-electron chi connectivity index (χ2n) is 11.3. The van der Waals surface area contributed by atoms with Crippen molar-refractivity contribution in [1.29, 1.82) is 0 Å². The van der Waals surface area contributed by atoms with Crippen molar-refractivity contribution in [3.8, 4) is 0 Å². The highest BCUT2D eigenvalue weighted by atomic mass is 16.1. The molecule has 0 atom stereocenters. The minimum Gasteiger partial charge on any atom is -0.299 e. The van der Waals surface area contributed by atoms with E-state index >= 15 is 0 Å². The smallest absolute Gasteiger partial charge is 0.159 e. The Morgan fingerprint density at radius 1 is 0.974 bits per heavy atom. The number of nitrogens with zero attached hydrogens (tertiary/aromatic N) is 3. The van der Waals surface area contributed by atoms with Gasteiger partial charge in [0.2, 0.25) is 0 Å². The number of ketones is 1. The van der Waals surface area contributed by atoms with Crippen molar-refractivity contribution in [3.05, 3.63) is 112 Å². The van der Waals surface area contributed by atoms with Crippen molar-refractivity contribution in [3.63, 3.8) is 0 Å². The molecule has 1 saturated heterocycles. The summed E-state index contributed by atoms with van der Waals surface area (Å²) in [5, 5.41) is 0. The van der Waals surface area contributed by atoms with Crippen LogP contribution in [0, 0.1) is 12.8 Å². The van der Waals surface area contributed by atoms with Gasteiger partial charge in [-0.25, -0.2) is 9.97 Å². The fraction of sp³-hybridized carbons (Fsp3) is 0.400. The molecule has 1 aliphatic heterocycles. The lowest BCUT2D eigenvalue weighted by Crippen LogP contribution is -2.33. The summed E-state index contributed by atoms with van der Waals surface area (Å²) in [4.78, 5) is 24.9. The quantitative estimate of drug-likeness (QED) is 0.267. The van der Waals surface area contributed by atoms with Crippen LogP contribution in [0.25, 0.3) is 5.57 Å². The highest BCUT2D eigenvalue weighted by Crippen LogP contribution is 2.29. The molecule has 0 N–H and O–H groups in total. The second-order valence-corrected chi connectivity index (χ2v) is 11.3. The Hall–Kier alpha value is -3.37. The van der Waals surface area contributed by atoms with Crippen LogP contribution in [-0.4, -0.2) is 33.7 Å². The number of Topliss-reactive ketones (excluding diaryl/α,β-unsaturated/α-hetero) is 1. The molecule has 0 spiro atoms. The van der Waals surface area contributed by atoms with Gasteiger partial charge in [0.05, 0.1) is 5.69 Å². The third-order valence-corrected chi connectivity index (χ3v) is 8.15. The van der Waals surface area contributed by atoms with Crippen molar-refractivity contribution >= 4 is 11.4 Å². The molecule has 5 rings (SSSR count). The largest absolute Gasteiger partial charge is 0.299 e. The number of allylic oxidation sites excluding steroid dienone is 4. The number of likely N-dealkylation sites (tertiary alicyclic amines) is 1. The fourth-order valence-electron chi connectivity index (χ4n) is 5.96. The van der Waals surface area contributed by atoms with Gasteiger partial charge in [0.25, 0.3) is 0 Å². The van der Waals surface area contributed by atoms with Gasteiger partial charge in [-0.2, -0.15) is 0 Å². The first-order chi connectivity index (χ1) is 19.1. The van der Waals surface area contributed by atoms with Gasteiger partial charge in [0, 0.05) is 32.0 Å². The number of hydrogen-bond donors (Lipinski definition) is 0. The molecule has 39 heavy (non-hydrogen) atoms. The van der Waals surface area contributed by atoms with Crippen LogP contribution in [0.2, 0.25) is 0 Å². The summed E-state index contributed by atoms with van der Waals surface area (Å²) >= 11 is 0. The average molecular weight is 520 g/mol. The third-order valence-electron chi connectivity index (χ3n) is 8.15. The molecule has 0 saturated carbocycles. The summed E-state index contributed by atoms with van der Waals surface area (Å²) in [6.07, 6.45) is 13.9. The minimum atomic E-state index is 0.225. The molecule has 1 aliphatic carbocycles. The molecule has 4 heteroatoms. The van der Waals surface area contributed by atoms with E-state index in [9.17, 15) is 4.79 Å². The Balaban J connectivity index is 1.14. The predicted octanol–water partition coefficient (Wildman–Crippen LogP) is 7.30. The number of hydrogen-bond acceptors (Lipinski definition) is 4. The summed E-state index contributed by atoms with van der Waals surface area (Å²) in [6.45, 7) is 7.82. The predicted molar refractivity (Wildman–Crippen MR) is 159 cm³/mol. The molecule has 0 bridgehead atoms. The van der Waals surface area contributed by atoms with Crippen LogP contribution in [-0.2, 0) is 24.2 Å².